The molecule has 10 heavy (non-hydrogen) atoms. The second kappa shape index (κ2) is 3.21. The molecule has 0 amide bonds. The topological polar surface area (TPSA) is 37.3 Å². The van der Waals surface area contributed by atoms with Crippen molar-refractivity contribution < 1.29 is 9.90 Å². The number of carbonyl (C=O) groups is 1. The summed E-state index contributed by atoms with van der Waals surface area (Å²) in [5, 5.41) is 8.75. The molecule has 0 aromatic heterocycles. The summed E-state index contributed by atoms with van der Waals surface area (Å²) < 4.78 is 0. The van der Waals surface area contributed by atoms with Gasteiger partial charge in [0.25, 0.3) is 0 Å². The van der Waals surface area contributed by atoms with Crippen LogP contribution in [0.15, 0.2) is 10.5 Å². The fourth-order valence-electron chi connectivity index (χ4n) is 0.882. The van der Waals surface area contributed by atoms with Gasteiger partial charge in [-0.15, -0.1) is 11.8 Å². The zero-order valence-corrected chi connectivity index (χ0v) is 6.70. The van der Waals surface area contributed by atoms with Gasteiger partial charge >= 0.3 is 0 Å². The number of thioether (sulfide) groups is 1. The summed E-state index contributed by atoms with van der Waals surface area (Å²) in [6.07, 6.45) is 0.625. The maximum Gasteiger partial charge on any atom is 0.160 e. The Morgan fingerprint density at radius 2 is 2.40 bits per heavy atom. The van der Waals surface area contributed by atoms with Gasteiger partial charge in [0.05, 0.1) is 6.61 Å². The van der Waals surface area contributed by atoms with Crippen molar-refractivity contribution in [3.8, 4) is 0 Å². The molecule has 1 aliphatic heterocycles. The average Bonchev–Trinajstić information content (AvgIpc) is 1.95. The van der Waals surface area contributed by atoms with Gasteiger partial charge in [0.2, 0.25) is 0 Å². The van der Waals surface area contributed by atoms with Gasteiger partial charge in [-0.2, -0.15) is 0 Å². The highest BCUT2D eigenvalue weighted by molar-refractivity contribution is 8.03. The Morgan fingerprint density at radius 3 is 2.90 bits per heavy atom. The van der Waals surface area contributed by atoms with E-state index >= 15 is 0 Å². The van der Waals surface area contributed by atoms with Crippen LogP contribution < -0.4 is 0 Å². The Kier molecular flexibility index (Phi) is 2.51. The molecule has 1 aliphatic rings. The van der Waals surface area contributed by atoms with E-state index in [0.29, 0.717) is 6.42 Å². The fraction of sp³-hybridized carbons (Fsp3) is 0.571. The predicted molar refractivity (Wildman–Crippen MR) is 41.9 cm³/mol. The summed E-state index contributed by atoms with van der Waals surface area (Å²) in [4.78, 5) is 11.8. The minimum atomic E-state index is 0.0161. The smallest absolute Gasteiger partial charge is 0.160 e. The highest BCUT2D eigenvalue weighted by atomic mass is 32.2. The van der Waals surface area contributed by atoms with Gasteiger partial charge in [-0.25, -0.2) is 0 Å². The molecule has 56 valence electrons. The van der Waals surface area contributed by atoms with E-state index in [0.717, 1.165) is 16.2 Å². The van der Waals surface area contributed by atoms with E-state index in [1.54, 1.807) is 18.7 Å². The molecule has 0 aromatic rings. The molecule has 2 nitrogen and oxygen atoms in total. The van der Waals surface area contributed by atoms with Crippen molar-refractivity contribution in [2.75, 3.05) is 12.4 Å². The van der Waals surface area contributed by atoms with Crippen LogP contribution in [-0.2, 0) is 4.79 Å². The summed E-state index contributed by atoms with van der Waals surface area (Å²) in [6.45, 7) is 1.79. The van der Waals surface area contributed by atoms with E-state index in [1.807, 2.05) is 0 Å². The first kappa shape index (κ1) is 7.82. The molecule has 0 saturated carbocycles. The highest BCUT2D eigenvalue weighted by Crippen LogP contribution is 2.26. The van der Waals surface area contributed by atoms with E-state index in [2.05, 4.69) is 0 Å². The number of hydrogen-bond acceptors (Lipinski definition) is 3. The molecule has 0 aliphatic carbocycles. The SMILES string of the molecule is CC1=C(CO)SCCC1=O. The number of hydrogen-bond donors (Lipinski definition) is 1. The van der Waals surface area contributed by atoms with E-state index in [1.165, 1.54) is 0 Å². The van der Waals surface area contributed by atoms with Crippen LogP contribution in [0.5, 0.6) is 0 Å². The van der Waals surface area contributed by atoms with Crippen LogP contribution in [0.4, 0.5) is 0 Å². The lowest BCUT2D eigenvalue weighted by Crippen LogP contribution is -2.10. The van der Waals surface area contributed by atoms with Crippen molar-refractivity contribution in [2.24, 2.45) is 0 Å². The van der Waals surface area contributed by atoms with Crippen molar-refractivity contribution in [3.63, 3.8) is 0 Å². The molecular weight excluding hydrogens is 148 g/mol. The first-order valence-electron chi connectivity index (χ1n) is 3.22. The summed E-state index contributed by atoms with van der Waals surface area (Å²) in [5.41, 5.74) is 0.749. The van der Waals surface area contributed by atoms with Gasteiger partial charge in [-0.3, -0.25) is 4.79 Å². The van der Waals surface area contributed by atoms with Gasteiger partial charge < -0.3 is 5.11 Å². The van der Waals surface area contributed by atoms with Gasteiger partial charge in [-0.05, 0) is 6.92 Å². The highest BCUT2D eigenvalue weighted by Gasteiger charge is 2.15. The van der Waals surface area contributed by atoms with E-state index in [4.69, 9.17) is 5.11 Å². The molecular formula is C7H10O2S. The van der Waals surface area contributed by atoms with E-state index in [9.17, 15) is 4.79 Å². The third-order valence-corrected chi connectivity index (χ3v) is 2.78. The van der Waals surface area contributed by atoms with Crippen LogP contribution in [0.3, 0.4) is 0 Å². The normalized spacial score (nSPS) is 20.0. The summed E-state index contributed by atoms with van der Waals surface area (Å²) >= 11 is 1.58. The van der Waals surface area contributed by atoms with Crippen molar-refractivity contribution in [1.29, 1.82) is 0 Å². The second-order valence-electron chi connectivity index (χ2n) is 2.23. The van der Waals surface area contributed by atoms with Gasteiger partial charge in [0.15, 0.2) is 5.78 Å². The van der Waals surface area contributed by atoms with Crippen LogP contribution in [0.1, 0.15) is 13.3 Å². The molecule has 0 radical (unpaired) electrons. The fourth-order valence-corrected chi connectivity index (χ4v) is 1.84. The molecule has 3 heteroatoms. The lowest BCUT2D eigenvalue weighted by Gasteiger charge is -2.13. The average molecular weight is 158 g/mol. The van der Waals surface area contributed by atoms with Crippen LogP contribution >= 0.6 is 11.8 Å². The number of Topliss-reactive ketones (excluding diaryl/α,β-unsaturated/α-hetero) is 1. The first-order chi connectivity index (χ1) is 4.75. The molecule has 0 atom stereocenters. The molecule has 0 saturated heterocycles. The van der Waals surface area contributed by atoms with Crippen molar-refractivity contribution >= 4 is 17.5 Å². The lowest BCUT2D eigenvalue weighted by molar-refractivity contribution is -0.115. The Bertz CT molecular complexity index is 184. The maximum absolute atomic E-state index is 11.0. The van der Waals surface area contributed by atoms with E-state index < -0.39 is 0 Å². The predicted octanol–water partition coefficient (Wildman–Crippen LogP) is 0.959. The number of rotatable bonds is 1. The van der Waals surface area contributed by atoms with Crippen molar-refractivity contribution in [1.82, 2.24) is 0 Å². The number of allylic oxidation sites excluding steroid dienone is 1. The first-order valence-corrected chi connectivity index (χ1v) is 4.21. The Balaban J connectivity index is 2.82. The molecule has 1 rings (SSSR count). The van der Waals surface area contributed by atoms with Gasteiger partial charge in [-0.1, -0.05) is 0 Å². The summed E-state index contributed by atoms with van der Waals surface area (Å²) in [5.74, 6) is 1.01. The lowest BCUT2D eigenvalue weighted by atomic mass is 10.1. The second-order valence-corrected chi connectivity index (χ2v) is 3.42. The van der Waals surface area contributed by atoms with Crippen molar-refractivity contribution in [2.45, 2.75) is 13.3 Å². The Morgan fingerprint density at radius 1 is 1.70 bits per heavy atom. The van der Waals surface area contributed by atoms with Crippen LogP contribution in [-0.4, -0.2) is 23.2 Å². The summed E-state index contributed by atoms with van der Waals surface area (Å²) in [6, 6.07) is 0. The standard InChI is InChI=1S/C7H10O2S/c1-5-6(9)2-3-10-7(5)4-8/h8H,2-4H2,1H3. The molecule has 1 N–H and O–H groups in total. The number of carbonyl (C=O) groups excluding carboxylic acids is 1. The van der Waals surface area contributed by atoms with Crippen LogP contribution in [0.2, 0.25) is 0 Å². The molecule has 1 heterocycles. The number of ketones is 1. The third-order valence-electron chi connectivity index (χ3n) is 1.59. The molecule has 0 unspecified atom stereocenters. The van der Waals surface area contributed by atoms with Gasteiger partial charge in [0.1, 0.15) is 0 Å². The van der Waals surface area contributed by atoms with Crippen molar-refractivity contribution in [3.05, 3.63) is 10.5 Å². The third kappa shape index (κ3) is 1.41. The maximum atomic E-state index is 11.0. The number of aliphatic hydroxyl groups excluding tert-OH is 1. The zero-order valence-electron chi connectivity index (χ0n) is 5.89. The molecule has 0 aromatic carbocycles. The Hall–Kier alpha value is -0.280. The Labute approximate surface area is 64.3 Å². The van der Waals surface area contributed by atoms with Gasteiger partial charge in [0, 0.05) is 22.7 Å². The molecule has 0 fully saturated rings. The minimum absolute atomic E-state index is 0.0161. The minimum Gasteiger partial charge on any atom is -0.391 e. The largest absolute Gasteiger partial charge is 0.391 e. The molecule has 0 bridgehead atoms. The van der Waals surface area contributed by atoms with Crippen LogP contribution in [0.25, 0.3) is 0 Å². The van der Waals surface area contributed by atoms with E-state index in [-0.39, 0.29) is 12.4 Å². The monoisotopic (exact) mass is 158 g/mol. The zero-order chi connectivity index (χ0) is 7.56. The summed E-state index contributed by atoms with van der Waals surface area (Å²) in [7, 11) is 0. The number of aliphatic hydroxyl groups is 1. The quantitative estimate of drug-likeness (QED) is 0.617. The van der Waals surface area contributed by atoms with Crippen LogP contribution in [0, 0.1) is 0 Å². The molecule has 0 spiro atoms.